The zero-order valence-electron chi connectivity index (χ0n) is 13.2. The highest BCUT2D eigenvalue weighted by atomic mass is 16.3. The number of phenolic OH excluding ortho intramolecular Hbond substituents is 1. The molecule has 1 aromatic rings. The van der Waals surface area contributed by atoms with Crippen molar-refractivity contribution in [3.63, 3.8) is 0 Å². The number of rotatable bonds is 2. The average molecular weight is 260 g/mol. The number of fused-ring (bicyclic) bond motifs is 1. The minimum absolute atomic E-state index is 0.297. The smallest absolute Gasteiger partial charge is 0.115 e. The standard InChI is InChI=1S/C18H28O/c1-7-18(5,6)16-14-9-8-13(19)10-12(14)11-15(16)17(2,3)4/h8-10,15-16,19H,7,11H2,1-6H3. The predicted octanol–water partition coefficient (Wildman–Crippen LogP) is 5.13. The summed E-state index contributed by atoms with van der Waals surface area (Å²) in [5, 5.41) is 9.73. The van der Waals surface area contributed by atoms with Crippen molar-refractivity contribution in [3.8, 4) is 5.75 Å². The quantitative estimate of drug-likeness (QED) is 0.781. The van der Waals surface area contributed by atoms with Gasteiger partial charge in [0, 0.05) is 0 Å². The highest BCUT2D eigenvalue weighted by Gasteiger charge is 2.45. The van der Waals surface area contributed by atoms with E-state index in [2.05, 4.69) is 47.6 Å². The predicted molar refractivity (Wildman–Crippen MR) is 81.6 cm³/mol. The van der Waals surface area contributed by atoms with Crippen LogP contribution in [0, 0.1) is 16.7 Å². The van der Waals surface area contributed by atoms with Gasteiger partial charge in [0.15, 0.2) is 0 Å². The highest BCUT2D eigenvalue weighted by Crippen LogP contribution is 2.55. The molecule has 0 aliphatic heterocycles. The molecule has 0 fully saturated rings. The minimum atomic E-state index is 0.297. The second-order valence-electron chi connectivity index (χ2n) is 7.88. The monoisotopic (exact) mass is 260 g/mol. The maximum Gasteiger partial charge on any atom is 0.115 e. The third-order valence-corrected chi connectivity index (χ3v) is 5.17. The number of hydrogen-bond acceptors (Lipinski definition) is 1. The highest BCUT2D eigenvalue weighted by molar-refractivity contribution is 5.43. The maximum absolute atomic E-state index is 9.73. The molecule has 1 nitrogen and oxygen atoms in total. The fraction of sp³-hybridized carbons (Fsp3) is 0.667. The van der Waals surface area contributed by atoms with E-state index >= 15 is 0 Å². The molecule has 1 aliphatic rings. The lowest BCUT2D eigenvalue weighted by atomic mass is 9.63. The van der Waals surface area contributed by atoms with Crippen molar-refractivity contribution in [1.82, 2.24) is 0 Å². The first-order valence-corrected chi connectivity index (χ1v) is 7.48. The number of phenols is 1. The Hall–Kier alpha value is -0.980. The zero-order chi connectivity index (χ0) is 14.4. The second-order valence-corrected chi connectivity index (χ2v) is 7.88. The number of aromatic hydroxyl groups is 1. The number of benzene rings is 1. The SMILES string of the molecule is CCC(C)(C)C1c2ccc(O)cc2CC1C(C)(C)C. The van der Waals surface area contributed by atoms with Crippen molar-refractivity contribution >= 4 is 0 Å². The Bertz CT molecular complexity index is 465. The Labute approximate surface area is 118 Å². The van der Waals surface area contributed by atoms with Gasteiger partial charge in [0.25, 0.3) is 0 Å². The fourth-order valence-electron chi connectivity index (χ4n) is 3.64. The molecule has 2 atom stereocenters. The summed E-state index contributed by atoms with van der Waals surface area (Å²) in [6, 6.07) is 5.97. The Morgan fingerprint density at radius 3 is 2.32 bits per heavy atom. The molecule has 1 N–H and O–H groups in total. The summed E-state index contributed by atoms with van der Waals surface area (Å²) < 4.78 is 0. The van der Waals surface area contributed by atoms with Crippen molar-refractivity contribution in [2.24, 2.45) is 16.7 Å². The lowest BCUT2D eigenvalue weighted by Gasteiger charge is -2.41. The summed E-state index contributed by atoms with van der Waals surface area (Å²) in [7, 11) is 0. The molecule has 0 radical (unpaired) electrons. The van der Waals surface area contributed by atoms with Crippen LogP contribution in [0.15, 0.2) is 18.2 Å². The molecule has 0 spiro atoms. The van der Waals surface area contributed by atoms with Crippen LogP contribution in [0.4, 0.5) is 0 Å². The van der Waals surface area contributed by atoms with E-state index < -0.39 is 0 Å². The summed E-state index contributed by atoms with van der Waals surface area (Å²) in [5.41, 5.74) is 3.42. The van der Waals surface area contributed by atoms with Crippen LogP contribution in [0.2, 0.25) is 0 Å². The molecule has 19 heavy (non-hydrogen) atoms. The fourth-order valence-corrected chi connectivity index (χ4v) is 3.64. The van der Waals surface area contributed by atoms with Crippen LogP contribution >= 0.6 is 0 Å². The largest absolute Gasteiger partial charge is 0.508 e. The van der Waals surface area contributed by atoms with Crippen molar-refractivity contribution < 1.29 is 5.11 Å². The van der Waals surface area contributed by atoms with Crippen molar-refractivity contribution in [1.29, 1.82) is 0 Å². The van der Waals surface area contributed by atoms with E-state index in [1.807, 2.05) is 12.1 Å². The van der Waals surface area contributed by atoms with Crippen LogP contribution in [0.1, 0.15) is 65.0 Å². The molecule has 106 valence electrons. The summed E-state index contributed by atoms with van der Waals surface area (Å²) in [6.45, 7) is 14.1. The van der Waals surface area contributed by atoms with E-state index in [-0.39, 0.29) is 0 Å². The molecular weight excluding hydrogens is 232 g/mol. The van der Waals surface area contributed by atoms with Crippen LogP contribution in [0.25, 0.3) is 0 Å². The molecule has 0 saturated heterocycles. The van der Waals surface area contributed by atoms with Crippen molar-refractivity contribution in [2.75, 3.05) is 0 Å². The summed E-state index contributed by atoms with van der Waals surface area (Å²) in [5.74, 6) is 1.65. The van der Waals surface area contributed by atoms with Gasteiger partial charge < -0.3 is 5.11 Å². The molecule has 2 rings (SSSR count). The van der Waals surface area contributed by atoms with Crippen LogP contribution in [-0.4, -0.2) is 5.11 Å². The van der Waals surface area contributed by atoms with Gasteiger partial charge in [0.05, 0.1) is 0 Å². The van der Waals surface area contributed by atoms with E-state index in [0.29, 0.717) is 28.4 Å². The normalized spacial score (nSPS) is 23.5. The van der Waals surface area contributed by atoms with Gasteiger partial charge in [-0.3, -0.25) is 0 Å². The van der Waals surface area contributed by atoms with Crippen molar-refractivity contribution in [2.45, 2.75) is 60.3 Å². The molecule has 0 saturated carbocycles. The third kappa shape index (κ3) is 2.52. The van der Waals surface area contributed by atoms with E-state index in [1.54, 1.807) is 0 Å². The average Bonchev–Trinajstić information content (AvgIpc) is 2.67. The Morgan fingerprint density at radius 2 is 1.79 bits per heavy atom. The van der Waals surface area contributed by atoms with Gasteiger partial charge in [-0.15, -0.1) is 0 Å². The molecule has 0 amide bonds. The van der Waals surface area contributed by atoms with E-state index in [0.717, 1.165) is 6.42 Å². The van der Waals surface area contributed by atoms with Gasteiger partial charge in [-0.1, -0.05) is 54.0 Å². The first kappa shape index (κ1) is 14.4. The molecule has 0 aromatic heterocycles. The molecular formula is C18H28O. The van der Waals surface area contributed by atoms with E-state index in [1.165, 1.54) is 17.5 Å². The zero-order valence-corrected chi connectivity index (χ0v) is 13.2. The Balaban J connectivity index is 2.52. The number of hydrogen-bond donors (Lipinski definition) is 1. The van der Waals surface area contributed by atoms with Crippen LogP contribution in [0.3, 0.4) is 0 Å². The van der Waals surface area contributed by atoms with E-state index in [9.17, 15) is 5.11 Å². The summed E-state index contributed by atoms with van der Waals surface area (Å²) >= 11 is 0. The molecule has 1 aromatic carbocycles. The van der Waals surface area contributed by atoms with Crippen LogP contribution < -0.4 is 0 Å². The summed E-state index contributed by atoms with van der Waals surface area (Å²) in [6.07, 6.45) is 2.28. The van der Waals surface area contributed by atoms with Gasteiger partial charge >= 0.3 is 0 Å². The molecule has 1 aliphatic carbocycles. The van der Waals surface area contributed by atoms with E-state index in [4.69, 9.17) is 0 Å². The molecule has 0 heterocycles. The topological polar surface area (TPSA) is 20.2 Å². The summed E-state index contributed by atoms with van der Waals surface area (Å²) in [4.78, 5) is 0. The lowest BCUT2D eigenvalue weighted by Crippen LogP contribution is -2.33. The van der Waals surface area contributed by atoms with Gasteiger partial charge in [-0.25, -0.2) is 0 Å². The van der Waals surface area contributed by atoms with Crippen LogP contribution in [0.5, 0.6) is 5.75 Å². The first-order valence-electron chi connectivity index (χ1n) is 7.48. The Morgan fingerprint density at radius 1 is 1.16 bits per heavy atom. The van der Waals surface area contributed by atoms with Crippen LogP contribution in [-0.2, 0) is 6.42 Å². The van der Waals surface area contributed by atoms with Crippen molar-refractivity contribution in [3.05, 3.63) is 29.3 Å². The minimum Gasteiger partial charge on any atom is -0.508 e. The third-order valence-electron chi connectivity index (χ3n) is 5.17. The second kappa shape index (κ2) is 4.54. The molecule has 1 heteroatoms. The first-order chi connectivity index (χ1) is 8.66. The van der Waals surface area contributed by atoms with Gasteiger partial charge in [0.2, 0.25) is 0 Å². The van der Waals surface area contributed by atoms with Gasteiger partial charge in [-0.2, -0.15) is 0 Å². The maximum atomic E-state index is 9.73. The Kier molecular flexibility index (Phi) is 3.45. The lowest BCUT2D eigenvalue weighted by molar-refractivity contribution is 0.127. The van der Waals surface area contributed by atoms with Gasteiger partial charge in [0.1, 0.15) is 5.75 Å². The van der Waals surface area contributed by atoms with Gasteiger partial charge in [-0.05, 0) is 52.3 Å². The molecule has 0 bridgehead atoms. The molecule has 2 unspecified atom stereocenters.